The summed E-state index contributed by atoms with van der Waals surface area (Å²) in [7, 11) is 1.65. The smallest absolute Gasteiger partial charge is 0.0701 e. The molecule has 0 saturated carbocycles. The van der Waals surface area contributed by atoms with E-state index in [1.807, 2.05) is 0 Å². The van der Waals surface area contributed by atoms with Crippen molar-refractivity contribution in [3.8, 4) is 0 Å². The number of hydrogen-bond donors (Lipinski definition) is 1. The maximum Gasteiger partial charge on any atom is 0.0701 e. The molecule has 0 amide bonds. The molecule has 0 aliphatic heterocycles. The fraction of sp³-hybridized carbons (Fsp3) is 1.00. The summed E-state index contributed by atoms with van der Waals surface area (Å²) in [5.41, 5.74) is 0. The summed E-state index contributed by atoms with van der Waals surface area (Å²) in [5, 5.41) is 0. The number of hydrogen-bond acceptors (Lipinski definition) is 12. The van der Waals surface area contributed by atoms with Crippen LogP contribution >= 0.6 is 12.6 Å². The van der Waals surface area contributed by atoms with Crippen LogP contribution < -0.4 is 0 Å². The van der Waals surface area contributed by atoms with Crippen molar-refractivity contribution >= 4 is 12.6 Å². The van der Waals surface area contributed by atoms with Crippen molar-refractivity contribution in [2.24, 2.45) is 0 Å². The zero-order valence-corrected chi connectivity index (χ0v) is 22.4. The van der Waals surface area contributed by atoms with Gasteiger partial charge in [-0.05, 0) is 0 Å². The molecule has 35 heavy (non-hydrogen) atoms. The molecule has 0 aliphatic rings. The topological polar surface area (TPSA) is 102 Å². The first-order valence-electron chi connectivity index (χ1n) is 12.3. The van der Waals surface area contributed by atoms with Gasteiger partial charge in [0.05, 0.1) is 139 Å². The van der Waals surface area contributed by atoms with E-state index in [4.69, 9.17) is 52.1 Å². The lowest BCUT2D eigenvalue weighted by molar-refractivity contribution is -0.0269. The number of methoxy groups -OCH3 is 1. The molecule has 0 fully saturated rings. The molecule has 0 aromatic heterocycles. The first kappa shape index (κ1) is 34.9. The van der Waals surface area contributed by atoms with Crippen molar-refractivity contribution in [3.05, 3.63) is 0 Å². The van der Waals surface area contributed by atoms with E-state index in [1.54, 1.807) is 7.11 Å². The van der Waals surface area contributed by atoms with Crippen molar-refractivity contribution in [1.82, 2.24) is 0 Å². The van der Waals surface area contributed by atoms with E-state index in [1.165, 1.54) is 0 Å². The SMILES string of the molecule is COCCOCCOCCOCCOCCOCCOCCOCCOCCOCCOCCS. The van der Waals surface area contributed by atoms with E-state index >= 15 is 0 Å². The Morgan fingerprint density at radius 3 is 0.629 bits per heavy atom. The Balaban J connectivity index is 3.00. The average molecular weight is 533 g/mol. The van der Waals surface area contributed by atoms with Crippen LogP contribution in [0.3, 0.4) is 0 Å². The van der Waals surface area contributed by atoms with Crippen LogP contribution in [0.25, 0.3) is 0 Å². The van der Waals surface area contributed by atoms with Crippen LogP contribution in [0.4, 0.5) is 0 Å². The highest BCUT2D eigenvalue weighted by Crippen LogP contribution is 1.87. The summed E-state index contributed by atoms with van der Waals surface area (Å²) in [5.74, 6) is 0.723. The van der Waals surface area contributed by atoms with Crippen molar-refractivity contribution < 1.29 is 52.1 Å². The van der Waals surface area contributed by atoms with E-state index in [-0.39, 0.29) is 0 Å². The Bertz CT molecular complexity index is 338. The molecule has 0 atom stereocenters. The van der Waals surface area contributed by atoms with Gasteiger partial charge in [-0.3, -0.25) is 0 Å². The highest BCUT2D eigenvalue weighted by atomic mass is 32.1. The molecule has 0 N–H and O–H groups in total. The van der Waals surface area contributed by atoms with Crippen molar-refractivity contribution in [3.63, 3.8) is 0 Å². The molecule has 212 valence electrons. The number of ether oxygens (including phenoxy) is 11. The molecule has 0 spiro atoms. The monoisotopic (exact) mass is 532 g/mol. The van der Waals surface area contributed by atoms with Gasteiger partial charge in [0.2, 0.25) is 0 Å². The van der Waals surface area contributed by atoms with Gasteiger partial charge in [0, 0.05) is 12.9 Å². The summed E-state index contributed by atoms with van der Waals surface area (Å²) < 4.78 is 58.8. The third-order valence-corrected chi connectivity index (χ3v) is 4.20. The maximum atomic E-state index is 5.45. The van der Waals surface area contributed by atoms with Gasteiger partial charge in [-0.25, -0.2) is 0 Å². The fourth-order valence-corrected chi connectivity index (χ4v) is 2.42. The Kier molecular flexibility index (Phi) is 33.8. The van der Waals surface area contributed by atoms with Crippen LogP contribution in [0.2, 0.25) is 0 Å². The van der Waals surface area contributed by atoms with Gasteiger partial charge in [0.25, 0.3) is 0 Å². The minimum atomic E-state index is 0.523. The fourth-order valence-electron chi connectivity index (χ4n) is 2.29. The second-order valence-corrected chi connectivity index (χ2v) is 7.29. The Hall–Kier alpha value is -0.0900. The molecule has 0 saturated heterocycles. The zero-order chi connectivity index (χ0) is 25.3. The third kappa shape index (κ3) is 33.9. The standard InChI is InChI=1S/C23H48O11S/c1-24-2-3-25-4-5-26-6-7-27-8-9-28-10-11-29-12-13-30-14-15-31-16-17-32-18-19-33-20-21-34-22-23-35/h35H,2-23H2,1H3. The number of rotatable bonds is 32. The Labute approximate surface area is 216 Å². The largest absolute Gasteiger partial charge is 0.382 e. The summed E-state index contributed by atoms with van der Waals surface area (Å²) in [6.45, 7) is 11.5. The van der Waals surface area contributed by atoms with Crippen LogP contribution in [-0.4, -0.2) is 152 Å². The molecule has 0 heterocycles. The summed E-state index contributed by atoms with van der Waals surface area (Å²) in [6, 6.07) is 0. The van der Waals surface area contributed by atoms with E-state index in [0.717, 1.165) is 5.75 Å². The molecule has 0 rings (SSSR count). The minimum absolute atomic E-state index is 0.523. The maximum absolute atomic E-state index is 5.45. The Morgan fingerprint density at radius 1 is 0.286 bits per heavy atom. The van der Waals surface area contributed by atoms with E-state index in [2.05, 4.69) is 12.6 Å². The lowest BCUT2D eigenvalue weighted by Gasteiger charge is -2.09. The van der Waals surface area contributed by atoms with Crippen LogP contribution in [0.5, 0.6) is 0 Å². The van der Waals surface area contributed by atoms with Gasteiger partial charge < -0.3 is 52.1 Å². The van der Waals surface area contributed by atoms with Gasteiger partial charge in [-0.2, -0.15) is 12.6 Å². The number of thiol groups is 1. The minimum Gasteiger partial charge on any atom is -0.382 e. The summed E-state index contributed by atoms with van der Waals surface area (Å²) >= 11 is 4.06. The molecule has 0 aliphatic carbocycles. The lowest BCUT2D eigenvalue weighted by Crippen LogP contribution is -2.15. The van der Waals surface area contributed by atoms with Gasteiger partial charge >= 0.3 is 0 Å². The second-order valence-electron chi connectivity index (χ2n) is 6.84. The van der Waals surface area contributed by atoms with Crippen molar-refractivity contribution in [2.75, 3.05) is 152 Å². The van der Waals surface area contributed by atoms with Crippen LogP contribution in [0, 0.1) is 0 Å². The van der Waals surface area contributed by atoms with Crippen molar-refractivity contribution in [1.29, 1.82) is 0 Å². The average Bonchev–Trinajstić information content (AvgIpc) is 2.87. The highest BCUT2D eigenvalue weighted by Gasteiger charge is 1.95. The summed E-state index contributed by atoms with van der Waals surface area (Å²) in [4.78, 5) is 0. The molecule has 0 aromatic rings. The van der Waals surface area contributed by atoms with E-state index in [0.29, 0.717) is 139 Å². The first-order chi connectivity index (χ1) is 17.4. The Morgan fingerprint density at radius 2 is 0.457 bits per heavy atom. The second kappa shape index (κ2) is 33.9. The van der Waals surface area contributed by atoms with Crippen LogP contribution in [-0.2, 0) is 52.1 Å². The highest BCUT2D eigenvalue weighted by molar-refractivity contribution is 7.80. The lowest BCUT2D eigenvalue weighted by atomic mass is 10.6. The molecular formula is C23H48O11S. The molecule has 0 radical (unpaired) electrons. The summed E-state index contributed by atoms with van der Waals surface area (Å²) in [6.07, 6.45) is 0. The van der Waals surface area contributed by atoms with Crippen LogP contribution in [0.15, 0.2) is 0 Å². The molecule has 12 heteroatoms. The molecular weight excluding hydrogens is 484 g/mol. The normalized spacial score (nSPS) is 11.5. The third-order valence-electron chi connectivity index (χ3n) is 4.02. The van der Waals surface area contributed by atoms with Crippen molar-refractivity contribution in [2.45, 2.75) is 0 Å². The van der Waals surface area contributed by atoms with Crippen LogP contribution in [0.1, 0.15) is 0 Å². The van der Waals surface area contributed by atoms with Gasteiger partial charge in [-0.15, -0.1) is 0 Å². The predicted octanol–water partition coefficient (Wildman–Crippen LogP) is 0.729. The predicted molar refractivity (Wildman–Crippen MR) is 134 cm³/mol. The quantitative estimate of drug-likeness (QED) is 0.0980. The molecule has 11 nitrogen and oxygen atoms in total. The first-order valence-corrected chi connectivity index (χ1v) is 12.9. The molecule has 0 unspecified atom stereocenters. The van der Waals surface area contributed by atoms with Gasteiger partial charge in [-0.1, -0.05) is 0 Å². The van der Waals surface area contributed by atoms with Gasteiger partial charge in [0.1, 0.15) is 0 Å². The zero-order valence-electron chi connectivity index (χ0n) is 21.5. The molecule has 0 bridgehead atoms. The van der Waals surface area contributed by atoms with Gasteiger partial charge in [0.15, 0.2) is 0 Å². The molecule has 0 aromatic carbocycles. The van der Waals surface area contributed by atoms with E-state index in [9.17, 15) is 0 Å². The van der Waals surface area contributed by atoms with E-state index < -0.39 is 0 Å².